The molecule has 0 radical (unpaired) electrons. The molecule has 13 heteroatoms. The molecule has 0 atom stereocenters. The number of esters is 1. The van der Waals surface area contributed by atoms with Gasteiger partial charge in [0.15, 0.2) is 5.11 Å². The summed E-state index contributed by atoms with van der Waals surface area (Å²) >= 11 is 5.02. The van der Waals surface area contributed by atoms with E-state index in [4.69, 9.17) is 17.0 Å². The van der Waals surface area contributed by atoms with Crippen LogP contribution in [0.2, 0.25) is 0 Å². The highest BCUT2D eigenvalue weighted by Gasteiger charge is 2.34. The Morgan fingerprint density at radius 2 is 1.83 bits per heavy atom. The highest BCUT2D eigenvalue weighted by atomic mass is 32.1. The summed E-state index contributed by atoms with van der Waals surface area (Å²) in [5.74, 6) is -3.16. The average Bonchev–Trinajstić information content (AvgIpc) is 2.81. The van der Waals surface area contributed by atoms with Crippen LogP contribution < -0.4 is 20.7 Å². The van der Waals surface area contributed by atoms with Gasteiger partial charge in [-0.2, -0.15) is 13.2 Å². The van der Waals surface area contributed by atoms with E-state index in [-0.39, 0.29) is 34.5 Å². The number of carbonyl (C=O) groups excluding carboxylic acids is 3. The van der Waals surface area contributed by atoms with Crippen molar-refractivity contribution in [3.63, 3.8) is 0 Å². The molecule has 0 unspecified atom stereocenters. The third kappa shape index (κ3) is 8.52. The van der Waals surface area contributed by atoms with Gasteiger partial charge in [-0.15, -0.1) is 0 Å². The van der Waals surface area contributed by atoms with Gasteiger partial charge in [-0.05, 0) is 49.0 Å². The Bertz CT molecular complexity index is 1080. The van der Waals surface area contributed by atoms with Crippen LogP contribution in [0, 0.1) is 0 Å². The standard InChI is InChI=1S/C22H23F3N4O5S/c1-3-4-5-10-34-16-8-7-14(11-15(16)22(23,24)25)27-21(35)29-18(30)13-6-9-17(26-12-13)28-19(31)20(32)33-2/h6-9,11-12H,3-5,10H2,1-2H3,(H,26,28,31)(H2,27,29,30,35). The van der Waals surface area contributed by atoms with Crippen LogP contribution in [-0.2, 0) is 20.5 Å². The predicted molar refractivity (Wildman–Crippen MR) is 125 cm³/mol. The summed E-state index contributed by atoms with van der Waals surface area (Å²) in [6.45, 7) is 2.14. The molecule has 0 aliphatic carbocycles. The minimum absolute atomic E-state index is 0.00234. The molecule has 0 aliphatic rings. The lowest BCUT2D eigenvalue weighted by molar-refractivity contribution is -0.150. The van der Waals surface area contributed by atoms with Gasteiger partial charge in [0.1, 0.15) is 11.6 Å². The van der Waals surface area contributed by atoms with Gasteiger partial charge in [0, 0.05) is 11.9 Å². The highest BCUT2D eigenvalue weighted by molar-refractivity contribution is 7.80. The molecule has 0 saturated heterocycles. The van der Waals surface area contributed by atoms with Crippen LogP contribution in [-0.4, -0.2) is 41.6 Å². The quantitative estimate of drug-likeness (QED) is 0.211. The average molecular weight is 513 g/mol. The molecule has 1 heterocycles. The zero-order chi connectivity index (χ0) is 26.0. The number of unbranched alkanes of at least 4 members (excludes halogenated alkanes) is 2. The van der Waals surface area contributed by atoms with Crippen molar-refractivity contribution in [1.82, 2.24) is 10.3 Å². The number of amides is 2. The number of hydrogen-bond acceptors (Lipinski definition) is 7. The first-order chi connectivity index (χ1) is 16.5. The van der Waals surface area contributed by atoms with Gasteiger partial charge in [-0.1, -0.05) is 19.8 Å². The van der Waals surface area contributed by atoms with E-state index in [2.05, 4.69) is 25.7 Å². The molecule has 9 nitrogen and oxygen atoms in total. The predicted octanol–water partition coefficient (Wildman–Crippen LogP) is 3.91. The van der Waals surface area contributed by atoms with Gasteiger partial charge in [-0.3, -0.25) is 14.9 Å². The summed E-state index contributed by atoms with van der Waals surface area (Å²) < 4.78 is 50.0. The van der Waals surface area contributed by atoms with Crippen molar-refractivity contribution in [2.45, 2.75) is 32.4 Å². The number of halogens is 3. The van der Waals surface area contributed by atoms with Crippen LogP contribution in [0.25, 0.3) is 0 Å². The SMILES string of the molecule is CCCCCOc1ccc(NC(=S)NC(=O)c2ccc(NC(=O)C(=O)OC)nc2)cc1C(F)(F)F. The summed E-state index contributed by atoms with van der Waals surface area (Å²) in [7, 11) is 1.04. The molecule has 35 heavy (non-hydrogen) atoms. The van der Waals surface area contributed by atoms with Gasteiger partial charge in [0.05, 0.1) is 24.8 Å². The minimum atomic E-state index is -4.65. The molecule has 2 rings (SSSR count). The summed E-state index contributed by atoms with van der Waals surface area (Å²) in [5, 5.41) is 6.78. The Balaban J connectivity index is 2.01. The number of thiocarbonyl (C=S) groups is 1. The number of ether oxygens (including phenoxy) is 2. The number of nitrogens with zero attached hydrogens (tertiary/aromatic N) is 1. The number of hydrogen-bond donors (Lipinski definition) is 3. The second kappa shape index (κ2) is 12.6. The number of aromatic nitrogens is 1. The molecule has 0 aliphatic heterocycles. The minimum Gasteiger partial charge on any atom is -0.493 e. The number of methoxy groups -OCH3 is 1. The summed E-state index contributed by atoms with van der Waals surface area (Å²) in [6, 6.07) is 5.94. The molecule has 0 bridgehead atoms. The fourth-order valence-electron chi connectivity index (χ4n) is 2.69. The zero-order valence-electron chi connectivity index (χ0n) is 18.8. The first kappa shape index (κ1) is 27.5. The van der Waals surface area contributed by atoms with Crippen LogP contribution in [0.1, 0.15) is 42.1 Å². The van der Waals surface area contributed by atoms with Gasteiger partial charge in [0.2, 0.25) is 0 Å². The summed E-state index contributed by atoms with van der Waals surface area (Å²) in [4.78, 5) is 38.7. The van der Waals surface area contributed by atoms with E-state index in [9.17, 15) is 27.6 Å². The maximum atomic E-state index is 13.5. The van der Waals surface area contributed by atoms with Crippen molar-refractivity contribution in [1.29, 1.82) is 0 Å². The number of carbonyl (C=O) groups is 3. The van der Waals surface area contributed by atoms with E-state index in [1.807, 2.05) is 6.92 Å². The molecular formula is C22H23F3N4O5S. The van der Waals surface area contributed by atoms with Gasteiger partial charge in [0.25, 0.3) is 5.91 Å². The lowest BCUT2D eigenvalue weighted by Gasteiger charge is -2.16. The topological polar surface area (TPSA) is 119 Å². The van der Waals surface area contributed by atoms with Gasteiger partial charge >= 0.3 is 18.1 Å². The maximum absolute atomic E-state index is 13.5. The van der Waals surface area contributed by atoms with Crippen LogP contribution in [0.3, 0.4) is 0 Å². The van der Waals surface area contributed by atoms with Crippen molar-refractivity contribution < 1.29 is 37.0 Å². The molecule has 1 aromatic heterocycles. The normalized spacial score (nSPS) is 10.8. The number of alkyl halides is 3. The fraction of sp³-hybridized carbons (Fsp3) is 0.318. The van der Waals surface area contributed by atoms with E-state index < -0.39 is 29.5 Å². The van der Waals surface area contributed by atoms with Crippen molar-refractivity contribution in [3.05, 3.63) is 47.7 Å². The number of anilines is 2. The monoisotopic (exact) mass is 512 g/mol. The second-order valence-electron chi connectivity index (χ2n) is 7.05. The number of rotatable bonds is 8. The Labute approximate surface area is 204 Å². The molecule has 0 fully saturated rings. The number of pyridine rings is 1. The van der Waals surface area contributed by atoms with Crippen LogP contribution in [0.5, 0.6) is 5.75 Å². The van der Waals surface area contributed by atoms with Crippen LogP contribution in [0.4, 0.5) is 24.7 Å². The summed E-state index contributed by atoms with van der Waals surface area (Å²) in [6.07, 6.45) is -1.16. The van der Waals surface area contributed by atoms with E-state index >= 15 is 0 Å². The van der Waals surface area contributed by atoms with Crippen molar-refractivity contribution in [2.75, 3.05) is 24.4 Å². The van der Waals surface area contributed by atoms with Crippen molar-refractivity contribution >= 4 is 46.6 Å². The largest absolute Gasteiger partial charge is 0.493 e. The lowest BCUT2D eigenvalue weighted by Crippen LogP contribution is -2.34. The summed E-state index contributed by atoms with van der Waals surface area (Å²) in [5.41, 5.74) is -0.929. The third-order valence-electron chi connectivity index (χ3n) is 4.41. The van der Waals surface area contributed by atoms with Gasteiger partial charge < -0.3 is 20.1 Å². The highest BCUT2D eigenvalue weighted by Crippen LogP contribution is 2.38. The molecular weight excluding hydrogens is 489 g/mol. The fourth-order valence-corrected chi connectivity index (χ4v) is 2.90. The lowest BCUT2D eigenvalue weighted by atomic mass is 10.1. The first-order valence-electron chi connectivity index (χ1n) is 10.4. The maximum Gasteiger partial charge on any atom is 0.420 e. The Morgan fingerprint density at radius 1 is 1.09 bits per heavy atom. The van der Waals surface area contributed by atoms with E-state index in [0.717, 1.165) is 32.2 Å². The molecule has 2 amide bonds. The second-order valence-corrected chi connectivity index (χ2v) is 7.46. The molecule has 2 aromatic rings. The molecule has 3 N–H and O–H groups in total. The molecule has 0 spiro atoms. The Kier molecular flexibility index (Phi) is 9.94. The molecule has 188 valence electrons. The van der Waals surface area contributed by atoms with Crippen LogP contribution >= 0.6 is 12.2 Å². The smallest absolute Gasteiger partial charge is 0.420 e. The molecule has 0 saturated carbocycles. The Hall–Kier alpha value is -3.74. The zero-order valence-corrected chi connectivity index (χ0v) is 19.6. The van der Waals surface area contributed by atoms with E-state index in [0.29, 0.717) is 6.42 Å². The molecule has 1 aromatic carbocycles. The van der Waals surface area contributed by atoms with Crippen molar-refractivity contribution in [3.8, 4) is 5.75 Å². The van der Waals surface area contributed by atoms with Gasteiger partial charge in [-0.25, -0.2) is 9.78 Å². The number of nitrogens with one attached hydrogen (secondary N) is 3. The number of benzene rings is 1. The van der Waals surface area contributed by atoms with Crippen molar-refractivity contribution in [2.24, 2.45) is 0 Å². The first-order valence-corrected chi connectivity index (χ1v) is 10.8. The Morgan fingerprint density at radius 3 is 2.43 bits per heavy atom. The third-order valence-corrected chi connectivity index (χ3v) is 4.62. The van der Waals surface area contributed by atoms with Crippen LogP contribution in [0.15, 0.2) is 36.5 Å². The van der Waals surface area contributed by atoms with E-state index in [1.165, 1.54) is 24.3 Å². The van der Waals surface area contributed by atoms with E-state index in [1.54, 1.807) is 0 Å².